The van der Waals surface area contributed by atoms with Gasteiger partial charge in [-0.1, -0.05) is 67.6 Å². The van der Waals surface area contributed by atoms with Crippen molar-refractivity contribution in [3.05, 3.63) is 71.8 Å². The molecule has 2 aromatic carbocycles. The number of hydrogen-bond acceptors (Lipinski definition) is 1. The van der Waals surface area contributed by atoms with Gasteiger partial charge in [0.2, 0.25) is 0 Å². The molecule has 0 amide bonds. The second-order valence-corrected chi connectivity index (χ2v) is 6.16. The van der Waals surface area contributed by atoms with Crippen LogP contribution < -0.4 is 5.32 Å². The highest BCUT2D eigenvalue weighted by Gasteiger charge is 2.37. The molecule has 1 nitrogen and oxygen atoms in total. The third kappa shape index (κ3) is 2.64. The number of benzene rings is 2. The Labute approximate surface area is 122 Å². The molecule has 1 N–H and O–H groups in total. The van der Waals surface area contributed by atoms with E-state index in [0.29, 0.717) is 11.3 Å². The van der Waals surface area contributed by atoms with E-state index in [0.717, 1.165) is 13.1 Å². The third-order valence-electron chi connectivity index (χ3n) is 4.71. The van der Waals surface area contributed by atoms with E-state index in [1.165, 1.54) is 24.0 Å². The molecule has 0 unspecified atom stereocenters. The number of hydrogen-bond donors (Lipinski definition) is 1. The lowest BCUT2D eigenvalue weighted by Gasteiger charge is -2.42. The van der Waals surface area contributed by atoms with Gasteiger partial charge in [-0.3, -0.25) is 0 Å². The highest BCUT2D eigenvalue weighted by molar-refractivity contribution is 5.35. The van der Waals surface area contributed by atoms with Crippen LogP contribution in [0.1, 0.15) is 36.8 Å². The number of nitrogens with one attached hydrogen (secondary N) is 1. The largest absolute Gasteiger partial charge is 0.317 e. The normalized spacial score (nSPS) is 18.1. The van der Waals surface area contributed by atoms with Crippen molar-refractivity contribution in [1.82, 2.24) is 5.32 Å². The van der Waals surface area contributed by atoms with Crippen molar-refractivity contribution < 1.29 is 0 Å². The Morgan fingerprint density at radius 1 is 0.800 bits per heavy atom. The van der Waals surface area contributed by atoms with E-state index in [1.54, 1.807) is 0 Å². The van der Waals surface area contributed by atoms with E-state index in [9.17, 15) is 0 Å². The van der Waals surface area contributed by atoms with Crippen LogP contribution in [0.3, 0.4) is 0 Å². The zero-order chi connectivity index (χ0) is 13.8. The number of rotatable bonds is 3. The maximum atomic E-state index is 3.50. The maximum Gasteiger partial charge on any atom is 0.0144 e. The molecule has 104 valence electrons. The Hall–Kier alpha value is -1.60. The average molecular weight is 265 g/mol. The Balaban J connectivity index is 2.04. The van der Waals surface area contributed by atoms with Crippen LogP contribution in [0.2, 0.25) is 0 Å². The van der Waals surface area contributed by atoms with Gasteiger partial charge >= 0.3 is 0 Å². The van der Waals surface area contributed by atoms with Crippen LogP contribution in [0.5, 0.6) is 0 Å². The molecular formula is C19H23N. The lowest BCUT2D eigenvalue weighted by molar-refractivity contribution is 0.199. The minimum Gasteiger partial charge on any atom is -0.317 e. The van der Waals surface area contributed by atoms with Crippen LogP contribution in [0, 0.1) is 5.41 Å². The molecule has 1 saturated heterocycles. The van der Waals surface area contributed by atoms with Gasteiger partial charge in [-0.15, -0.1) is 0 Å². The topological polar surface area (TPSA) is 12.0 Å². The molecule has 1 heteroatoms. The van der Waals surface area contributed by atoms with Crippen LogP contribution in [0.15, 0.2) is 60.7 Å². The van der Waals surface area contributed by atoms with Gasteiger partial charge in [-0.2, -0.15) is 0 Å². The summed E-state index contributed by atoms with van der Waals surface area (Å²) in [5.41, 5.74) is 3.24. The summed E-state index contributed by atoms with van der Waals surface area (Å²) in [5, 5.41) is 3.50. The van der Waals surface area contributed by atoms with Crippen molar-refractivity contribution in [2.24, 2.45) is 5.41 Å². The molecule has 0 saturated carbocycles. The zero-order valence-corrected chi connectivity index (χ0v) is 12.2. The first-order valence-electron chi connectivity index (χ1n) is 7.60. The molecule has 0 aromatic heterocycles. The first-order valence-corrected chi connectivity index (χ1v) is 7.60. The quantitative estimate of drug-likeness (QED) is 0.876. The lowest BCUT2D eigenvalue weighted by atomic mass is 9.65. The first-order chi connectivity index (χ1) is 9.80. The Morgan fingerprint density at radius 3 is 1.70 bits per heavy atom. The van der Waals surface area contributed by atoms with Gasteiger partial charge in [0.25, 0.3) is 0 Å². The molecule has 0 atom stereocenters. The van der Waals surface area contributed by atoms with Crippen LogP contribution in [0.25, 0.3) is 0 Å². The van der Waals surface area contributed by atoms with Crippen LogP contribution in [-0.4, -0.2) is 13.1 Å². The minimum atomic E-state index is 0.341. The molecule has 1 heterocycles. The van der Waals surface area contributed by atoms with E-state index in [4.69, 9.17) is 0 Å². The zero-order valence-electron chi connectivity index (χ0n) is 12.2. The predicted molar refractivity (Wildman–Crippen MR) is 84.9 cm³/mol. The van der Waals surface area contributed by atoms with Gasteiger partial charge in [0.1, 0.15) is 0 Å². The molecule has 1 aliphatic heterocycles. The summed E-state index contributed by atoms with van der Waals surface area (Å²) >= 11 is 0. The van der Waals surface area contributed by atoms with Gasteiger partial charge in [0.15, 0.2) is 0 Å². The van der Waals surface area contributed by atoms with Crippen molar-refractivity contribution >= 4 is 0 Å². The van der Waals surface area contributed by atoms with Crippen LogP contribution >= 0.6 is 0 Å². The summed E-state index contributed by atoms with van der Waals surface area (Å²) in [5.74, 6) is 0.493. The monoisotopic (exact) mass is 265 g/mol. The second kappa shape index (κ2) is 5.80. The molecule has 2 aromatic rings. The van der Waals surface area contributed by atoms with Gasteiger partial charge in [0.05, 0.1) is 0 Å². The van der Waals surface area contributed by atoms with Crippen molar-refractivity contribution in [3.8, 4) is 0 Å². The standard InChI is InChI=1S/C19H23N/c1-19(12-14-20-15-13-19)18(16-8-4-2-5-9-16)17-10-6-3-7-11-17/h2-11,18,20H,12-15H2,1H3. The van der Waals surface area contributed by atoms with Gasteiger partial charge in [-0.25, -0.2) is 0 Å². The van der Waals surface area contributed by atoms with Crippen molar-refractivity contribution in [1.29, 1.82) is 0 Å². The van der Waals surface area contributed by atoms with Gasteiger partial charge in [0, 0.05) is 5.92 Å². The Bertz CT molecular complexity index is 487. The minimum absolute atomic E-state index is 0.341. The van der Waals surface area contributed by atoms with E-state index in [2.05, 4.69) is 72.9 Å². The molecule has 0 bridgehead atoms. The van der Waals surface area contributed by atoms with E-state index >= 15 is 0 Å². The molecule has 1 aliphatic rings. The molecule has 0 spiro atoms. The molecule has 3 rings (SSSR count). The van der Waals surface area contributed by atoms with E-state index in [-0.39, 0.29) is 0 Å². The summed E-state index contributed by atoms with van der Waals surface area (Å²) < 4.78 is 0. The van der Waals surface area contributed by atoms with Gasteiger partial charge < -0.3 is 5.32 Å². The van der Waals surface area contributed by atoms with E-state index in [1.807, 2.05) is 0 Å². The second-order valence-electron chi connectivity index (χ2n) is 6.16. The molecule has 0 radical (unpaired) electrons. The smallest absolute Gasteiger partial charge is 0.0144 e. The van der Waals surface area contributed by atoms with E-state index < -0.39 is 0 Å². The fourth-order valence-corrected chi connectivity index (χ4v) is 3.57. The Morgan fingerprint density at radius 2 is 1.25 bits per heavy atom. The fourth-order valence-electron chi connectivity index (χ4n) is 3.57. The highest BCUT2D eigenvalue weighted by atomic mass is 14.9. The van der Waals surface area contributed by atoms with Crippen molar-refractivity contribution in [2.45, 2.75) is 25.7 Å². The summed E-state index contributed by atoms with van der Waals surface area (Å²) in [4.78, 5) is 0. The molecule has 1 fully saturated rings. The van der Waals surface area contributed by atoms with Crippen LogP contribution in [0.4, 0.5) is 0 Å². The highest BCUT2D eigenvalue weighted by Crippen LogP contribution is 2.46. The van der Waals surface area contributed by atoms with Crippen LogP contribution in [-0.2, 0) is 0 Å². The predicted octanol–water partition coefficient (Wildman–Crippen LogP) is 4.21. The van der Waals surface area contributed by atoms with Crippen molar-refractivity contribution in [3.63, 3.8) is 0 Å². The lowest BCUT2D eigenvalue weighted by Crippen LogP contribution is -2.39. The maximum absolute atomic E-state index is 3.50. The van der Waals surface area contributed by atoms with Crippen molar-refractivity contribution in [2.75, 3.05) is 13.1 Å². The summed E-state index contributed by atoms with van der Waals surface area (Å²) in [6.07, 6.45) is 2.48. The molecule has 0 aliphatic carbocycles. The van der Waals surface area contributed by atoms with Gasteiger partial charge in [-0.05, 0) is 42.5 Å². The third-order valence-corrected chi connectivity index (χ3v) is 4.71. The summed E-state index contributed by atoms with van der Waals surface area (Å²) in [6, 6.07) is 22.0. The summed E-state index contributed by atoms with van der Waals surface area (Å²) in [7, 11) is 0. The summed E-state index contributed by atoms with van der Waals surface area (Å²) in [6.45, 7) is 4.72. The molecule has 20 heavy (non-hydrogen) atoms. The average Bonchev–Trinajstić information content (AvgIpc) is 2.50. The Kier molecular flexibility index (Phi) is 3.88. The number of piperidine rings is 1. The molecular weight excluding hydrogens is 242 g/mol. The SMILES string of the molecule is CC1(C(c2ccccc2)c2ccccc2)CCNCC1. The first kappa shape index (κ1) is 13.4. The fraction of sp³-hybridized carbons (Fsp3) is 0.368.